The molecule has 102 valence electrons. The molecule has 0 amide bonds. The molecular weight excluding hydrogens is 268 g/mol. The van der Waals surface area contributed by atoms with E-state index in [0.717, 1.165) is 10.8 Å². The van der Waals surface area contributed by atoms with E-state index in [0.29, 0.717) is 17.2 Å². The lowest BCUT2D eigenvalue weighted by Gasteiger charge is -2.02. The van der Waals surface area contributed by atoms with Crippen molar-refractivity contribution in [2.75, 3.05) is 0 Å². The number of hydrogen-bond acceptors (Lipinski definition) is 5. The van der Waals surface area contributed by atoms with Crippen LogP contribution in [0.4, 0.5) is 0 Å². The second kappa shape index (κ2) is 4.45. The van der Waals surface area contributed by atoms with E-state index in [1.165, 1.54) is 0 Å². The lowest BCUT2D eigenvalue weighted by Crippen LogP contribution is -1.84. The van der Waals surface area contributed by atoms with Crippen molar-refractivity contribution in [3.05, 3.63) is 48.8 Å². The highest BCUT2D eigenvalue weighted by Gasteiger charge is 2.15. The highest BCUT2D eigenvalue weighted by Crippen LogP contribution is 2.33. The van der Waals surface area contributed by atoms with Gasteiger partial charge >= 0.3 is 0 Å². The highest BCUT2D eigenvalue weighted by atomic mass is 16.5. The molecule has 0 aliphatic rings. The van der Waals surface area contributed by atoms with Crippen molar-refractivity contribution in [2.24, 2.45) is 0 Å². The standard InChI is InChI=1S/C15H10N4O2/c20-12-8-10-4-2-1-3-9(10)7-11(12)15-18-14(19-21-15)13-16-5-6-17-13/h1-8,20H,(H,16,17). The molecule has 2 N–H and O–H groups in total. The fourth-order valence-corrected chi connectivity index (χ4v) is 2.22. The van der Waals surface area contributed by atoms with Crippen molar-refractivity contribution in [1.82, 2.24) is 20.1 Å². The fraction of sp³-hybridized carbons (Fsp3) is 0. The zero-order valence-corrected chi connectivity index (χ0v) is 10.8. The van der Waals surface area contributed by atoms with Gasteiger partial charge in [-0.25, -0.2) is 4.98 Å². The summed E-state index contributed by atoms with van der Waals surface area (Å²) in [4.78, 5) is 11.2. The molecule has 4 rings (SSSR count). The number of nitrogens with one attached hydrogen (secondary N) is 1. The van der Waals surface area contributed by atoms with Crippen molar-refractivity contribution in [2.45, 2.75) is 0 Å². The van der Waals surface area contributed by atoms with Crippen LogP contribution in [-0.4, -0.2) is 25.2 Å². The Morgan fingerprint density at radius 2 is 1.90 bits per heavy atom. The maximum Gasteiger partial charge on any atom is 0.262 e. The van der Waals surface area contributed by atoms with Gasteiger partial charge in [0.05, 0.1) is 5.56 Å². The Bertz CT molecular complexity index is 912. The van der Waals surface area contributed by atoms with Gasteiger partial charge in [-0.2, -0.15) is 4.98 Å². The van der Waals surface area contributed by atoms with Gasteiger partial charge < -0.3 is 14.6 Å². The third-order valence-electron chi connectivity index (χ3n) is 3.23. The molecular formula is C15H10N4O2. The SMILES string of the molecule is Oc1cc2ccccc2cc1-c1nc(-c2ncc[nH]2)no1. The summed E-state index contributed by atoms with van der Waals surface area (Å²) in [5, 5.41) is 16.0. The van der Waals surface area contributed by atoms with Crippen LogP contribution in [0, 0.1) is 0 Å². The number of aromatic hydroxyl groups is 1. The molecule has 4 aromatic rings. The molecule has 6 nitrogen and oxygen atoms in total. The maximum absolute atomic E-state index is 10.2. The van der Waals surface area contributed by atoms with E-state index < -0.39 is 0 Å². The lowest BCUT2D eigenvalue weighted by molar-refractivity contribution is 0.425. The molecule has 2 aromatic heterocycles. The van der Waals surface area contributed by atoms with Crippen LogP contribution in [0.3, 0.4) is 0 Å². The number of aromatic nitrogens is 4. The van der Waals surface area contributed by atoms with Gasteiger partial charge in [0.1, 0.15) is 5.75 Å². The van der Waals surface area contributed by atoms with Crippen LogP contribution in [0.5, 0.6) is 5.75 Å². The van der Waals surface area contributed by atoms with Gasteiger partial charge in [0.25, 0.3) is 5.89 Å². The Morgan fingerprint density at radius 1 is 1.10 bits per heavy atom. The lowest BCUT2D eigenvalue weighted by atomic mass is 10.1. The molecule has 0 aliphatic carbocycles. The van der Waals surface area contributed by atoms with E-state index in [1.807, 2.05) is 30.3 Å². The number of aromatic amines is 1. The van der Waals surface area contributed by atoms with Gasteiger partial charge in [0, 0.05) is 12.4 Å². The molecule has 0 unspecified atom stereocenters. The number of nitrogens with zero attached hydrogens (tertiary/aromatic N) is 3. The van der Waals surface area contributed by atoms with E-state index in [1.54, 1.807) is 18.5 Å². The smallest absolute Gasteiger partial charge is 0.262 e. The van der Waals surface area contributed by atoms with Crippen LogP contribution in [0.15, 0.2) is 53.3 Å². The van der Waals surface area contributed by atoms with Crippen molar-refractivity contribution in [3.63, 3.8) is 0 Å². The average molecular weight is 278 g/mol. The molecule has 0 saturated heterocycles. The van der Waals surface area contributed by atoms with Crippen LogP contribution in [0.2, 0.25) is 0 Å². The van der Waals surface area contributed by atoms with E-state index in [4.69, 9.17) is 4.52 Å². The van der Waals surface area contributed by atoms with E-state index >= 15 is 0 Å². The molecule has 2 aromatic carbocycles. The number of imidazole rings is 1. The predicted molar refractivity (Wildman–Crippen MR) is 76.5 cm³/mol. The molecule has 0 atom stereocenters. The average Bonchev–Trinajstić information content (AvgIpc) is 3.17. The number of H-pyrrole nitrogens is 1. The Labute approximate surface area is 119 Å². The first-order chi connectivity index (χ1) is 10.3. The second-order valence-corrected chi connectivity index (χ2v) is 4.58. The van der Waals surface area contributed by atoms with Crippen LogP contribution >= 0.6 is 0 Å². The van der Waals surface area contributed by atoms with Gasteiger partial charge in [-0.1, -0.05) is 29.4 Å². The third kappa shape index (κ3) is 1.93. The van der Waals surface area contributed by atoms with Crippen LogP contribution in [0.1, 0.15) is 0 Å². The molecule has 0 saturated carbocycles. The van der Waals surface area contributed by atoms with Gasteiger partial charge in [0.2, 0.25) is 5.82 Å². The molecule has 0 fully saturated rings. The van der Waals surface area contributed by atoms with Crippen molar-refractivity contribution < 1.29 is 9.63 Å². The Balaban J connectivity index is 1.85. The maximum atomic E-state index is 10.2. The molecule has 2 heterocycles. The molecule has 0 radical (unpaired) electrons. The summed E-state index contributed by atoms with van der Waals surface area (Å²) in [5.74, 6) is 1.22. The zero-order valence-electron chi connectivity index (χ0n) is 10.8. The fourth-order valence-electron chi connectivity index (χ4n) is 2.22. The number of fused-ring (bicyclic) bond motifs is 1. The molecule has 0 aliphatic heterocycles. The Hall–Kier alpha value is -3.15. The second-order valence-electron chi connectivity index (χ2n) is 4.58. The quantitative estimate of drug-likeness (QED) is 0.588. The summed E-state index contributed by atoms with van der Waals surface area (Å²) in [5.41, 5.74) is 0.499. The van der Waals surface area contributed by atoms with Gasteiger partial charge in [0.15, 0.2) is 5.82 Å². The predicted octanol–water partition coefficient (Wildman–Crippen LogP) is 2.99. The first-order valence-electron chi connectivity index (χ1n) is 6.37. The number of rotatable bonds is 2. The third-order valence-corrected chi connectivity index (χ3v) is 3.23. The van der Waals surface area contributed by atoms with Crippen molar-refractivity contribution >= 4 is 10.8 Å². The van der Waals surface area contributed by atoms with E-state index in [-0.39, 0.29) is 11.6 Å². The normalized spacial score (nSPS) is 11.0. The van der Waals surface area contributed by atoms with Crippen molar-refractivity contribution in [1.29, 1.82) is 0 Å². The van der Waals surface area contributed by atoms with Crippen LogP contribution < -0.4 is 0 Å². The van der Waals surface area contributed by atoms with Crippen LogP contribution in [0.25, 0.3) is 33.9 Å². The highest BCUT2D eigenvalue weighted by molar-refractivity contribution is 5.89. The summed E-state index contributed by atoms with van der Waals surface area (Å²) in [6, 6.07) is 11.3. The topological polar surface area (TPSA) is 87.8 Å². The summed E-state index contributed by atoms with van der Waals surface area (Å²) in [7, 11) is 0. The van der Waals surface area contributed by atoms with Crippen molar-refractivity contribution in [3.8, 4) is 28.9 Å². The summed E-state index contributed by atoms with van der Waals surface area (Å²) in [6.45, 7) is 0. The minimum absolute atomic E-state index is 0.100. The van der Waals surface area contributed by atoms with Gasteiger partial charge in [-0.3, -0.25) is 0 Å². The van der Waals surface area contributed by atoms with Gasteiger partial charge in [-0.15, -0.1) is 0 Å². The zero-order chi connectivity index (χ0) is 14.2. The van der Waals surface area contributed by atoms with E-state index in [9.17, 15) is 5.11 Å². The first kappa shape index (κ1) is 11.7. The Morgan fingerprint density at radius 3 is 2.67 bits per heavy atom. The Kier molecular flexibility index (Phi) is 2.47. The number of phenolic OH excluding ortho intramolecular Hbond substituents is 1. The summed E-state index contributed by atoms with van der Waals surface area (Å²) < 4.78 is 5.22. The molecule has 21 heavy (non-hydrogen) atoms. The minimum atomic E-state index is 0.100. The number of hydrogen-bond donors (Lipinski definition) is 2. The van der Waals surface area contributed by atoms with Crippen LogP contribution in [-0.2, 0) is 0 Å². The van der Waals surface area contributed by atoms with Gasteiger partial charge in [-0.05, 0) is 22.9 Å². The number of benzene rings is 2. The largest absolute Gasteiger partial charge is 0.507 e. The monoisotopic (exact) mass is 278 g/mol. The summed E-state index contributed by atoms with van der Waals surface area (Å²) in [6.07, 6.45) is 3.29. The summed E-state index contributed by atoms with van der Waals surface area (Å²) >= 11 is 0. The van der Waals surface area contributed by atoms with E-state index in [2.05, 4.69) is 20.1 Å². The molecule has 6 heteroatoms. The number of phenols is 1. The molecule has 0 bridgehead atoms. The first-order valence-corrected chi connectivity index (χ1v) is 6.37. The molecule has 0 spiro atoms. The minimum Gasteiger partial charge on any atom is -0.507 e.